The summed E-state index contributed by atoms with van der Waals surface area (Å²) in [5, 5.41) is 15.3. The van der Waals surface area contributed by atoms with Gasteiger partial charge < -0.3 is 25.3 Å². The Morgan fingerprint density at radius 3 is 2.31 bits per heavy atom. The molecule has 2 aromatic rings. The number of hydrogen-bond acceptors (Lipinski definition) is 4. The van der Waals surface area contributed by atoms with Gasteiger partial charge in [0, 0.05) is 11.3 Å². The number of amides is 1. The van der Waals surface area contributed by atoms with E-state index >= 15 is 0 Å². The van der Waals surface area contributed by atoms with Crippen molar-refractivity contribution in [2.45, 2.75) is 25.6 Å². The van der Waals surface area contributed by atoms with Gasteiger partial charge >= 0.3 is 6.61 Å². The summed E-state index contributed by atoms with van der Waals surface area (Å²) in [5.74, 6) is -1.90. The molecule has 0 aliphatic carbocycles. The lowest BCUT2D eigenvalue weighted by Crippen LogP contribution is -2.92. The van der Waals surface area contributed by atoms with Gasteiger partial charge in [-0.05, 0) is 24.3 Å². The van der Waals surface area contributed by atoms with Crippen molar-refractivity contribution in [2.75, 3.05) is 5.32 Å². The quantitative estimate of drug-likeness (QED) is 0.677. The maximum absolute atomic E-state index is 12.1. The van der Waals surface area contributed by atoms with E-state index < -0.39 is 24.5 Å². The lowest BCUT2D eigenvalue weighted by atomic mass is 10.1. The minimum absolute atomic E-state index is 0.0400. The monoisotopic (exact) mass is 364 g/mol. The molecule has 3 N–H and O–H groups in total. The van der Waals surface area contributed by atoms with E-state index in [2.05, 4.69) is 10.1 Å². The molecule has 0 radical (unpaired) electrons. The maximum atomic E-state index is 12.1. The number of carbonyl (C=O) groups excluding carboxylic acids is 2. The number of ether oxygens (including phenoxy) is 1. The number of benzene rings is 2. The normalized spacial score (nSPS) is 11.8. The number of anilines is 1. The Hall–Kier alpha value is -3.00. The van der Waals surface area contributed by atoms with E-state index in [1.54, 1.807) is 0 Å². The summed E-state index contributed by atoms with van der Waals surface area (Å²) in [5.41, 5.74) is 1.27. The molecule has 0 saturated carbocycles. The molecule has 2 aromatic carbocycles. The largest absolute Gasteiger partial charge is 0.544 e. The van der Waals surface area contributed by atoms with Gasteiger partial charge in [0.1, 0.15) is 18.3 Å². The van der Waals surface area contributed by atoms with Crippen molar-refractivity contribution < 1.29 is 33.5 Å². The van der Waals surface area contributed by atoms with Crippen LogP contribution in [0, 0.1) is 0 Å². The summed E-state index contributed by atoms with van der Waals surface area (Å²) in [6, 6.07) is 13.5. The number of alkyl halides is 2. The number of carboxylic acids is 1. The lowest BCUT2D eigenvalue weighted by molar-refractivity contribution is -0.697. The van der Waals surface area contributed by atoms with Gasteiger partial charge in [-0.1, -0.05) is 30.3 Å². The minimum Gasteiger partial charge on any atom is -0.544 e. The van der Waals surface area contributed by atoms with Crippen LogP contribution >= 0.6 is 0 Å². The fourth-order valence-electron chi connectivity index (χ4n) is 2.29. The predicted molar refractivity (Wildman–Crippen MR) is 87.2 cm³/mol. The molecule has 0 aliphatic heterocycles. The Labute approximate surface area is 148 Å². The van der Waals surface area contributed by atoms with Crippen LogP contribution in [-0.4, -0.2) is 24.5 Å². The van der Waals surface area contributed by atoms with Crippen LogP contribution in [0.3, 0.4) is 0 Å². The summed E-state index contributed by atoms with van der Waals surface area (Å²) >= 11 is 0. The van der Waals surface area contributed by atoms with Crippen molar-refractivity contribution in [3.05, 3.63) is 60.2 Å². The van der Waals surface area contributed by atoms with Gasteiger partial charge in [-0.15, -0.1) is 0 Å². The maximum Gasteiger partial charge on any atom is 0.387 e. The molecular formula is C18H18F2N2O4. The highest BCUT2D eigenvalue weighted by Crippen LogP contribution is 2.17. The highest BCUT2D eigenvalue weighted by Gasteiger charge is 2.18. The van der Waals surface area contributed by atoms with E-state index in [1.807, 2.05) is 30.3 Å². The first-order chi connectivity index (χ1) is 12.4. The molecule has 6 nitrogen and oxygen atoms in total. The van der Waals surface area contributed by atoms with Gasteiger partial charge in [0.15, 0.2) is 0 Å². The molecule has 2 rings (SSSR count). The molecule has 138 valence electrons. The molecule has 0 spiro atoms. The minimum atomic E-state index is -2.93. The molecule has 1 amide bonds. The number of nitrogens with one attached hydrogen (secondary N) is 1. The Balaban J connectivity index is 1.87. The summed E-state index contributed by atoms with van der Waals surface area (Å²) in [6.07, 6.45) is -0.287. The van der Waals surface area contributed by atoms with E-state index in [0.717, 1.165) is 5.56 Å². The summed E-state index contributed by atoms with van der Waals surface area (Å²) in [4.78, 5) is 23.3. The smallest absolute Gasteiger partial charge is 0.387 e. The van der Waals surface area contributed by atoms with Crippen molar-refractivity contribution in [1.82, 2.24) is 0 Å². The third-order valence-electron chi connectivity index (χ3n) is 3.55. The number of aliphatic carboxylic acids is 1. The summed E-state index contributed by atoms with van der Waals surface area (Å²) in [6.45, 7) is -2.54. The van der Waals surface area contributed by atoms with Crippen LogP contribution in [0.2, 0.25) is 0 Å². The second-order valence-corrected chi connectivity index (χ2v) is 5.51. The molecule has 1 atom stereocenters. The first-order valence-corrected chi connectivity index (χ1v) is 7.87. The zero-order valence-corrected chi connectivity index (χ0v) is 13.7. The predicted octanol–water partition coefficient (Wildman–Crippen LogP) is 0.499. The third-order valence-corrected chi connectivity index (χ3v) is 3.55. The van der Waals surface area contributed by atoms with Crippen LogP contribution in [0.15, 0.2) is 54.6 Å². The van der Waals surface area contributed by atoms with Crippen molar-refractivity contribution >= 4 is 17.6 Å². The molecule has 0 aromatic heterocycles. The standard InChI is InChI=1S/C18H18F2N2O4/c19-18(20)26-14-8-6-13(7-9-14)22-16(23)10-15(17(24)25)21-11-12-4-2-1-3-5-12/h1-9,15,18,21H,10-11H2,(H,22,23)(H,24,25)/t15-/m0/s1. The first-order valence-electron chi connectivity index (χ1n) is 7.87. The fraction of sp³-hybridized carbons (Fsp3) is 0.222. The number of nitrogens with two attached hydrogens (primary N) is 1. The van der Waals surface area contributed by atoms with Crippen LogP contribution in [0.4, 0.5) is 14.5 Å². The average Bonchev–Trinajstić information content (AvgIpc) is 2.60. The molecule has 0 bridgehead atoms. The van der Waals surface area contributed by atoms with Gasteiger partial charge in [0.05, 0.1) is 12.4 Å². The Kier molecular flexibility index (Phi) is 7.04. The van der Waals surface area contributed by atoms with Gasteiger partial charge in [0.2, 0.25) is 5.91 Å². The highest BCUT2D eigenvalue weighted by atomic mass is 19.3. The molecule has 0 heterocycles. The molecule has 26 heavy (non-hydrogen) atoms. The first kappa shape index (κ1) is 19.3. The Morgan fingerprint density at radius 2 is 1.73 bits per heavy atom. The molecule has 0 unspecified atom stereocenters. The van der Waals surface area contributed by atoms with E-state index in [4.69, 9.17) is 0 Å². The van der Waals surface area contributed by atoms with Gasteiger partial charge in [-0.3, -0.25) is 4.79 Å². The molecule has 8 heteroatoms. The van der Waals surface area contributed by atoms with Crippen molar-refractivity contribution in [2.24, 2.45) is 0 Å². The van der Waals surface area contributed by atoms with Crippen LogP contribution in [0.1, 0.15) is 12.0 Å². The van der Waals surface area contributed by atoms with Crippen molar-refractivity contribution in [3.63, 3.8) is 0 Å². The van der Waals surface area contributed by atoms with Crippen molar-refractivity contribution in [3.8, 4) is 5.75 Å². The number of carboxylic acid groups (broad SMARTS) is 1. The fourth-order valence-corrected chi connectivity index (χ4v) is 2.29. The second-order valence-electron chi connectivity index (χ2n) is 5.51. The second kappa shape index (κ2) is 9.47. The summed E-state index contributed by atoms with van der Waals surface area (Å²) in [7, 11) is 0. The number of rotatable bonds is 9. The van der Waals surface area contributed by atoms with Crippen molar-refractivity contribution in [1.29, 1.82) is 0 Å². The summed E-state index contributed by atoms with van der Waals surface area (Å²) < 4.78 is 28.4. The van der Waals surface area contributed by atoms with E-state index in [-0.39, 0.29) is 12.2 Å². The lowest BCUT2D eigenvalue weighted by Gasteiger charge is -2.16. The zero-order chi connectivity index (χ0) is 18.9. The van der Waals surface area contributed by atoms with Crippen LogP contribution in [-0.2, 0) is 16.1 Å². The average molecular weight is 364 g/mol. The van der Waals surface area contributed by atoms with Crippen LogP contribution < -0.4 is 20.5 Å². The molecule has 0 fully saturated rings. The van der Waals surface area contributed by atoms with Crippen LogP contribution in [0.5, 0.6) is 5.75 Å². The molecular weight excluding hydrogens is 346 g/mol. The Bertz CT molecular complexity index is 724. The number of hydrogen-bond donors (Lipinski definition) is 2. The van der Waals surface area contributed by atoms with E-state index in [9.17, 15) is 23.5 Å². The van der Waals surface area contributed by atoms with E-state index in [0.29, 0.717) is 12.2 Å². The number of halogens is 2. The topological polar surface area (TPSA) is 95.1 Å². The number of quaternary nitrogens is 1. The molecule has 0 saturated heterocycles. The van der Waals surface area contributed by atoms with Gasteiger partial charge in [-0.25, -0.2) is 0 Å². The van der Waals surface area contributed by atoms with E-state index in [1.165, 1.54) is 29.6 Å². The Morgan fingerprint density at radius 1 is 1.08 bits per heavy atom. The van der Waals surface area contributed by atoms with Gasteiger partial charge in [0.25, 0.3) is 0 Å². The number of carbonyl (C=O) groups is 2. The zero-order valence-electron chi connectivity index (χ0n) is 13.7. The molecule has 0 aliphatic rings. The highest BCUT2D eigenvalue weighted by molar-refractivity contribution is 5.93. The van der Waals surface area contributed by atoms with Crippen LogP contribution in [0.25, 0.3) is 0 Å². The third kappa shape index (κ3) is 6.48. The SMILES string of the molecule is O=C(C[C@H]([NH2+]Cc1ccccc1)C(=O)[O-])Nc1ccc(OC(F)F)cc1. The van der Waals surface area contributed by atoms with Gasteiger partial charge in [-0.2, -0.15) is 8.78 Å².